The highest BCUT2D eigenvalue weighted by Gasteiger charge is 2.42. The van der Waals surface area contributed by atoms with Crippen LogP contribution in [0, 0.1) is 11.8 Å². The van der Waals surface area contributed by atoms with E-state index in [-0.39, 0.29) is 12.1 Å². The van der Waals surface area contributed by atoms with Crippen molar-refractivity contribution in [2.24, 2.45) is 11.8 Å². The second-order valence-corrected chi connectivity index (χ2v) is 7.97. The van der Waals surface area contributed by atoms with Crippen LogP contribution in [-0.2, 0) is 16.0 Å². The standard InChI is InChI=1S/C20H25NO4/c1-12(22)25-16-3-2-14-10-21-5-4-13-8-19-20(24-11-23-19)9-17(13)18(21)7-15(14)6-16/h8-9,14-16,18H,2-7,10-11H2,1H3/t14-,15+,16-,18+/m1/s1. The summed E-state index contributed by atoms with van der Waals surface area (Å²) in [6.07, 6.45) is 5.60. The van der Waals surface area contributed by atoms with E-state index in [2.05, 4.69) is 17.0 Å². The Labute approximate surface area is 148 Å². The van der Waals surface area contributed by atoms with Gasteiger partial charge in [0.2, 0.25) is 6.79 Å². The lowest BCUT2D eigenvalue weighted by Crippen LogP contribution is -2.48. The van der Waals surface area contributed by atoms with Gasteiger partial charge in [-0.1, -0.05) is 0 Å². The first-order valence-electron chi connectivity index (χ1n) is 9.51. The molecule has 1 aromatic carbocycles. The highest BCUT2D eigenvalue weighted by Crippen LogP contribution is 2.48. The quantitative estimate of drug-likeness (QED) is 0.734. The third-order valence-electron chi connectivity index (χ3n) is 6.52. The first-order valence-corrected chi connectivity index (χ1v) is 9.51. The summed E-state index contributed by atoms with van der Waals surface area (Å²) in [5.74, 6) is 3.04. The van der Waals surface area contributed by atoms with Crippen LogP contribution in [0.25, 0.3) is 0 Å². The van der Waals surface area contributed by atoms with Gasteiger partial charge in [-0.2, -0.15) is 0 Å². The van der Waals surface area contributed by atoms with Crippen LogP contribution in [0.4, 0.5) is 0 Å². The molecule has 0 N–H and O–H groups in total. The minimum Gasteiger partial charge on any atom is -0.463 e. The fraction of sp³-hybridized carbons (Fsp3) is 0.650. The number of ether oxygens (including phenoxy) is 3. The molecule has 1 saturated heterocycles. The molecule has 0 radical (unpaired) electrons. The molecular formula is C20H25NO4. The van der Waals surface area contributed by atoms with Gasteiger partial charge in [0, 0.05) is 26.1 Å². The fourth-order valence-electron chi connectivity index (χ4n) is 5.38. The maximum absolute atomic E-state index is 11.3. The maximum Gasteiger partial charge on any atom is 0.302 e. The summed E-state index contributed by atoms with van der Waals surface area (Å²) in [6, 6.07) is 4.86. The van der Waals surface area contributed by atoms with Crippen molar-refractivity contribution in [1.29, 1.82) is 0 Å². The molecule has 0 unspecified atom stereocenters. The summed E-state index contributed by atoms with van der Waals surface area (Å²) >= 11 is 0. The first-order chi connectivity index (χ1) is 12.2. The Bertz CT molecular complexity index is 703. The number of benzene rings is 1. The Hall–Kier alpha value is -1.75. The Morgan fingerprint density at radius 1 is 1.16 bits per heavy atom. The van der Waals surface area contributed by atoms with Crippen LogP contribution in [0.1, 0.15) is 49.8 Å². The van der Waals surface area contributed by atoms with Gasteiger partial charge in [-0.05, 0) is 67.2 Å². The molecule has 1 aromatic rings. The summed E-state index contributed by atoms with van der Waals surface area (Å²) in [4.78, 5) is 14.0. The lowest BCUT2D eigenvalue weighted by molar-refractivity contribution is -0.150. The molecule has 0 bridgehead atoms. The van der Waals surface area contributed by atoms with Crippen molar-refractivity contribution in [3.05, 3.63) is 23.3 Å². The molecule has 4 atom stereocenters. The van der Waals surface area contributed by atoms with Gasteiger partial charge in [0.05, 0.1) is 0 Å². The molecule has 5 heteroatoms. The van der Waals surface area contributed by atoms with Crippen molar-refractivity contribution in [2.45, 2.75) is 51.2 Å². The average Bonchev–Trinajstić information content (AvgIpc) is 3.05. The van der Waals surface area contributed by atoms with Gasteiger partial charge in [0.1, 0.15) is 6.10 Å². The van der Waals surface area contributed by atoms with Crippen molar-refractivity contribution in [2.75, 3.05) is 19.9 Å². The predicted molar refractivity (Wildman–Crippen MR) is 91.6 cm³/mol. The molecule has 25 heavy (non-hydrogen) atoms. The monoisotopic (exact) mass is 343 g/mol. The SMILES string of the molecule is CC(=O)O[C@@H]1CC[C@@H]2CN3CCc4cc5c(cc4[C@@H]3C[C@@H]2C1)OCO5. The molecular weight excluding hydrogens is 318 g/mol. The van der Waals surface area contributed by atoms with Gasteiger partial charge in [0.15, 0.2) is 11.5 Å². The zero-order valence-corrected chi connectivity index (χ0v) is 14.7. The van der Waals surface area contributed by atoms with Gasteiger partial charge in [-0.25, -0.2) is 0 Å². The molecule has 0 spiro atoms. The van der Waals surface area contributed by atoms with Gasteiger partial charge in [-0.3, -0.25) is 9.69 Å². The first kappa shape index (κ1) is 15.5. The summed E-state index contributed by atoms with van der Waals surface area (Å²) in [5.41, 5.74) is 2.83. The van der Waals surface area contributed by atoms with Gasteiger partial charge >= 0.3 is 5.97 Å². The molecule has 0 amide bonds. The van der Waals surface area contributed by atoms with E-state index in [9.17, 15) is 4.79 Å². The second kappa shape index (κ2) is 5.90. The Morgan fingerprint density at radius 2 is 2.00 bits per heavy atom. The molecule has 1 saturated carbocycles. The van der Waals surface area contributed by atoms with E-state index in [1.807, 2.05) is 0 Å². The number of fused-ring (bicyclic) bond motifs is 5. The minimum atomic E-state index is -0.142. The third kappa shape index (κ3) is 2.69. The number of carbonyl (C=O) groups excluding carboxylic acids is 1. The van der Waals surface area contributed by atoms with E-state index in [0.29, 0.717) is 18.8 Å². The molecule has 134 valence electrons. The fourth-order valence-corrected chi connectivity index (χ4v) is 5.38. The Balaban J connectivity index is 1.39. The van der Waals surface area contributed by atoms with E-state index in [1.165, 1.54) is 31.0 Å². The largest absolute Gasteiger partial charge is 0.463 e. The molecule has 2 fully saturated rings. The molecule has 1 aliphatic carbocycles. The van der Waals surface area contributed by atoms with E-state index in [1.54, 1.807) is 0 Å². The lowest BCUT2D eigenvalue weighted by Gasteiger charge is -2.49. The highest BCUT2D eigenvalue weighted by molar-refractivity contribution is 5.66. The molecule has 5 nitrogen and oxygen atoms in total. The highest BCUT2D eigenvalue weighted by atomic mass is 16.7. The zero-order valence-electron chi connectivity index (χ0n) is 14.7. The minimum absolute atomic E-state index is 0.116. The number of piperidine rings is 1. The maximum atomic E-state index is 11.3. The number of hydrogen-bond acceptors (Lipinski definition) is 5. The van der Waals surface area contributed by atoms with Crippen molar-refractivity contribution < 1.29 is 19.0 Å². The smallest absolute Gasteiger partial charge is 0.302 e. The molecule has 0 aromatic heterocycles. The normalized spacial score (nSPS) is 33.2. The van der Waals surface area contributed by atoms with Crippen molar-refractivity contribution in [3.63, 3.8) is 0 Å². The number of rotatable bonds is 1. The predicted octanol–water partition coefficient (Wildman–Crippen LogP) is 3.07. The van der Waals surface area contributed by atoms with Crippen LogP contribution < -0.4 is 9.47 Å². The number of nitrogens with zero attached hydrogens (tertiary/aromatic N) is 1. The van der Waals surface area contributed by atoms with Crippen molar-refractivity contribution in [3.8, 4) is 11.5 Å². The Morgan fingerprint density at radius 3 is 2.84 bits per heavy atom. The van der Waals surface area contributed by atoms with Gasteiger partial charge < -0.3 is 14.2 Å². The van der Waals surface area contributed by atoms with Gasteiger partial charge in [-0.15, -0.1) is 0 Å². The van der Waals surface area contributed by atoms with Crippen LogP contribution in [-0.4, -0.2) is 36.9 Å². The number of esters is 1. The van der Waals surface area contributed by atoms with Crippen molar-refractivity contribution >= 4 is 5.97 Å². The average molecular weight is 343 g/mol. The molecule has 3 heterocycles. The topological polar surface area (TPSA) is 48.0 Å². The van der Waals surface area contributed by atoms with Crippen LogP contribution in [0.3, 0.4) is 0 Å². The lowest BCUT2D eigenvalue weighted by atomic mass is 9.69. The van der Waals surface area contributed by atoms with E-state index in [4.69, 9.17) is 14.2 Å². The second-order valence-electron chi connectivity index (χ2n) is 7.97. The summed E-state index contributed by atoms with van der Waals surface area (Å²) in [6.45, 7) is 4.17. The molecule has 5 rings (SSSR count). The van der Waals surface area contributed by atoms with Crippen molar-refractivity contribution in [1.82, 2.24) is 4.90 Å². The molecule has 3 aliphatic heterocycles. The number of hydrogen-bond donors (Lipinski definition) is 0. The summed E-state index contributed by atoms with van der Waals surface area (Å²) in [7, 11) is 0. The third-order valence-corrected chi connectivity index (χ3v) is 6.52. The van der Waals surface area contributed by atoms with Gasteiger partial charge in [0.25, 0.3) is 0 Å². The zero-order chi connectivity index (χ0) is 17.0. The molecule has 4 aliphatic rings. The summed E-state index contributed by atoms with van der Waals surface area (Å²) < 4.78 is 16.7. The van der Waals surface area contributed by atoms with E-state index >= 15 is 0 Å². The number of carbonyl (C=O) groups is 1. The van der Waals surface area contributed by atoms with Crippen LogP contribution in [0.5, 0.6) is 11.5 Å². The van der Waals surface area contributed by atoms with E-state index in [0.717, 1.165) is 49.6 Å². The Kier molecular flexibility index (Phi) is 3.66. The van der Waals surface area contributed by atoms with E-state index < -0.39 is 0 Å². The van der Waals surface area contributed by atoms with Crippen LogP contribution >= 0.6 is 0 Å². The van der Waals surface area contributed by atoms with Crippen LogP contribution in [0.2, 0.25) is 0 Å². The summed E-state index contributed by atoms with van der Waals surface area (Å²) in [5, 5.41) is 0. The van der Waals surface area contributed by atoms with Crippen LogP contribution in [0.15, 0.2) is 12.1 Å².